The molecule has 0 saturated carbocycles. The lowest BCUT2D eigenvalue weighted by Gasteiger charge is -2.19. The number of ether oxygens (including phenoxy) is 3. The Morgan fingerprint density at radius 1 is 0.750 bits per heavy atom. The van der Waals surface area contributed by atoms with Gasteiger partial charge in [0.25, 0.3) is 0 Å². The van der Waals surface area contributed by atoms with Crippen LogP contribution in [0, 0.1) is 0 Å². The van der Waals surface area contributed by atoms with E-state index in [-0.39, 0.29) is 18.5 Å². The van der Waals surface area contributed by atoms with Gasteiger partial charge in [-0.15, -0.1) is 12.4 Å². The Labute approximate surface area is 198 Å². The van der Waals surface area contributed by atoms with E-state index in [9.17, 15) is 0 Å². The molecular weight excluding hydrogens is 422 g/mol. The van der Waals surface area contributed by atoms with Crippen molar-refractivity contribution in [1.29, 1.82) is 0 Å². The van der Waals surface area contributed by atoms with Crippen LogP contribution in [0.25, 0.3) is 0 Å². The lowest BCUT2D eigenvalue weighted by Crippen LogP contribution is -2.31. The number of methoxy groups -OCH3 is 1. The van der Waals surface area contributed by atoms with E-state index >= 15 is 0 Å². The van der Waals surface area contributed by atoms with Gasteiger partial charge in [-0.25, -0.2) is 0 Å². The predicted molar refractivity (Wildman–Crippen MR) is 133 cm³/mol. The molecule has 172 valence electrons. The molecule has 32 heavy (non-hydrogen) atoms. The molecule has 3 aromatic carbocycles. The van der Waals surface area contributed by atoms with Crippen molar-refractivity contribution >= 4 is 12.4 Å². The maximum Gasteiger partial charge on any atom is 0.119 e. The Balaban J connectivity index is 0.00000363. The molecule has 2 unspecified atom stereocenters. The van der Waals surface area contributed by atoms with Gasteiger partial charge in [0.1, 0.15) is 18.5 Å². The third-order valence-corrected chi connectivity index (χ3v) is 5.11. The third kappa shape index (κ3) is 8.64. The fourth-order valence-corrected chi connectivity index (χ4v) is 3.51. The average Bonchev–Trinajstić information content (AvgIpc) is 2.81. The Bertz CT molecular complexity index is 859. The summed E-state index contributed by atoms with van der Waals surface area (Å²) in [6, 6.07) is 29.4. The quantitative estimate of drug-likeness (QED) is 0.347. The van der Waals surface area contributed by atoms with Crippen LogP contribution in [0.5, 0.6) is 5.75 Å². The first-order valence-corrected chi connectivity index (χ1v) is 10.9. The van der Waals surface area contributed by atoms with Crippen LogP contribution in [0.15, 0.2) is 84.9 Å². The van der Waals surface area contributed by atoms with Crippen LogP contribution in [-0.2, 0) is 15.9 Å². The molecule has 0 aliphatic heterocycles. The summed E-state index contributed by atoms with van der Waals surface area (Å²) in [5.41, 5.74) is 3.58. The Morgan fingerprint density at radius 2 is 1.38 bits per heavy atom. The van der Waals surface area contributed by atoms with E-state index < -0.39 is 0 Å². The summed E-state index contributed by atoms with van der Waals surface area (Å²) < 4.78 is 17.2. The zero-order valence-electron chi connectivity index (χ0n) is 18.9. The maximum atomic E-state index is 6.09. The maximum absolute atomic E-state index is 6.09. The molecular formula is C27H34ClNO3. The molecule has 0 spiro atoms. The highest BCUT2D eigenvalue weighted by Gasteiger charge is 2.14. The zero-order chi connectivity index (χ0) is 21.7. The van der Waals surface area contributed by atoms with Crippen molar-refractivity contribution in [3.05, 3.63) is 102 Å². The van der Waals surface area contributed by atoms with Gasteiger partial charge >= 0.3 is 0 Å². The number of hydrogen-bond acceptors (Lipinski definition) is 4. The lowest BCUT2D eigenvalue weighted by atomic mass is 10.0. The molecule has 0 aliphatic carbocycles. The Kier molecular flexibility index (Phi) is 11.8. The summed E-state index contributed by atoms with van der Waals surface area (Å²) in [6.45, 7) is 4.75. The van der Waals surface area contributed by atoms with E-state index in [1.807, 2.05) is 30.3 Å². The standard InChI is InChI=1S/C27H33NO3.ClH/c1-22(21-23-9-5-3-6-10-23)28-17-18-30-26-15-13-25(14-16-26)27(31-20-19-29-2)24-11-7-4-8-12-24;/h3-16,22,27-28H,17-21H2,1-2H3;1H. The topological polar surface area (TPSA) is 39.7 Å². The molecule has 0 amide bonds. The molecule has 0 aromatic heterocycles. The molecule has 0 radical (unpaired) electrons. The number of halogens is 1. The van der Waals surface area contributed by atoms with Gasteiger partial charge in [-0.2, -0.15) is 0 Å². The van der Waals surface area contributed by atoms with Crippen LogP contribution < -0.4 is 10.1 Å². The molecule has 0 bridgehead atoms. The fourth-order valence-electron chi connectivity index (χ4n) is 3.51. The SMILES string of the molecule is COCCOC(c1ccccc1)c1ccc(OCCNC(C)Cc2ccccc2)cc1.Cl. The van der Waals surface area contributed by atoms with Crippen LogP contribution >= 0.6 is 12.4 Å². The largest absolute Gasteiger partial charge is 0.492 e. The molecule has 5 heteroatoms. The minimum Gasteiger partial charge on any atom is -0.492 e. The first-order valence-electron chi connectivity index (χ1n) is 10.9. The average molecular weight is 456 g/mol. The Hall–Kier alpha value is -2.37. The molecule has 0 saturated heterocycles. The third-order valence-electron chi connectivity index (χ3n) is 5.11. The summed E-state index contributed by atoms with van der Waals surface area (Å²) in [7, 11) is 1.68. The van der Waals surface area contributed by atoms with Crippen LogP contribution in [0.2, 0.25) is 0 Å². The van der Waals surface area contributed by atoms with Crippen LogP contribution in [0.1, 0.15) is 29.7 Å². The van der Waals surface area contributed by atoms with Gasteiger partial charge in [-0.3, -0.25) is 0 Å². The smallest absolute Gasteiger partial charge is 0.119 e. The number of nitrogens with one attached hydrogen (secondary N) is 1. The monoisotopic (exact) mass is 455 g/mol. The van der Waals surface area contributed by atoms with Gasteiger partial charge in [0, 0.05) is 19.7 Å². The number of hydrogen-bond donors (Lipinski definition) is 1. The molecule has 4 nitrogen and oxygen atoms in total. The van der Waals surface area contributed by atoms with E-state index in [2.05, 4.69) is 66.8 Å². The van der Waals surface area contributed by atoms with Crippen molar-refractivity contribution in [2.75, 3.05) is 33.5 Å². The molecule has 3 rings (SSSR count). The van der Waals surface area contributed by atoms with Crippen LogP contribution in [0.4, 0.5) is 0 Å². The van der Waals surface area contributed by atoms with E-state index in [4.69, 9.17) is 14.2 Å². The van der Waals surface area contributed by atoms with Crippen molar-refractivity contribution < 1.29 is 14.2 Å². The van der Waals surface area contributed by atoms with Gasteiger partial charge < -0.3 is 19.5 Å². The highest BCUT2D eigenvalue weighted by atomic mass is 35.5. The second kappa shape index (κ2) is 14.6. The lowest BCUT2D eigenvalue weighted by molar-refractivity contribution is 0.0356. The summed E-state index contributed by atoms with van der Waals surface area (Å²) in [4.78, 5) is 0. The first kappa shape index (κ1) is 25.9. The van der Waals surface area contributed by atoms with E-state index in [0.29, 0.717) is 25.9 Å². The van der Waals surface area contributed by atoms with Gasteiger partial charge in [0.15, 0.2) is 0 Å². The summed E-state index contributed by atoms with van der Waals surface area (Å²) >= 11 is 0. The zero-order valence-corrected chi connectivity index (χ0v) is 19.7. The van der Waals surface area contributed by atoms with E-state index in [0.717, 1.165) is 29.8 Å². The van der Waals surface area contributed by atoms with Crippen molar-refractivity contribution in [2.24, 2.45) is 0 Å². The normalized spacial score (nSPS) is 12.6. The number of benzene rings is 3. The van der Waals surface area contributed by atoms with Crippen LogP contribution in [-0.4, -0.2) is 39.5 Å². The molecule has 2 atom stereocenters. The van der Waals surface area contributed by atoms with Gasteiger partial charge in [0.2, 0.25) is 0 Å². The summed E-state index contributed by atoms with van der Waals surface area (Å²) in [5.74, 6) is 0.866. The van der Waals surface area contributed by atoms with E-state index in [1.165, 1.54) is 5.56 Å². The van der Waals surface area contributed by atoms with Crippen molar-refractivity contribution in [2.45, 2.75) is 25.5 Å². The van der Waals surface area contributed by atoms with Crippen molar-refractivity contribution in [3.63, 3.8) is 0 Å². The summed E-state index contributed by atoms with van der Waals surface area (Å²) in [6.07, 6.45) is 0.894. The van der Waals surface area contributed by atoms with Crippen LogP contribution in [0.3, 0.4) is 0 Å². The minimum absolute atomic E-state index is 0. The Morgan fingerprint density at radius 3 is 2.03 bits per heavy atom. The number of rotatable bonds is 13. The molecule has 0 fully saturated rings. The summed E-state index contributed by atoms with van der Waals surface area (Å²) in [5, 5.41) is 3.52. The van der Waals surface area contributed by atoms with E-state index in [1.54, 1.807) is 7.11 Å². The predicted octanol–water partition coefficient (Wildman–Crippen LogP) is 5.46. The van der Waals surface area contributed by atoms with Crippen molar-refractivity contribution in [1.82, 2.24) is 5.32 Å². The highest BCUT2D eigenvalue weighted by molar-refractivity contribution is 5.85. The van der Waals surface area contributed by atoms with Gasteiger partial charge in [0.05, 0.1) is 13.2 Å². The second-order valence-electron chi connectivity index (χ2n) is 7.62. The van der Waals surface area contributed by atoms with Gasteiger partial charge in [-0.1, -0.05) is 72.8 Å². The minimum atomic E-state index is -0.120. The molecule has 0 aliphatic rings. The van der Waals surface area contributed by atoms with Gasteiger partial charge in [-0.05, 0) is 42.2 Å². The highest BCUT2D eigenvalue weighted by Crippen LogP contribution is 2.27. The van der Waals surface area contributed by atoms with Crippen molar-refractivity contribution in [3.8, 4) is 5.75 Å². The molecule has 1 N–H and O–H groups in total. The molecule has 3 aromatic rings. The fraction of sp³-hybridized carbons (Fsp3) is 0.333. The second-order valence-corrected chi connectivity index (χ2v) is 7.62. The molecule has 0 heterocycles. The first-order chi connectivity index (χ1) is 15.3.